The predicted octanol–water partition coefficient (Wildman–Crippen LogP) is 5.55. The third-order valence-electron chi connectivity index (χ3n) is 4.34. The first-order valence-electron chi connectivity index (χ1n) is 8.33. The Labute approximate surface area is 173 Å². The maximum atomic E-state index is 12.8. The first kappa shape index (κ1) is 21.3. The molecule has 0 aliphatic heterocycles. The van der Waals surface area contributed by atoms with Gasteiger partial charge in [0, 0.05) is 18.2 Å². The lowest BCUT2D eigenvalue weighted by molar-refractivity contribution is -0.159. The van der Waals surface area contributed by atoms with Gasteiger partial charge in [0.2, 0.25) is 5.82 Å². The van der Waals surface area contributed by atoms with Crippen LogP contribution in [0.3, 0.4) is 0 Å². The zero-order valence-electron chi connectivity index (χ0n) is 15.2. The van der Waals surface area contributed by atoms with Crippen LogP contribution in [0.4, 0.5) is 13.2 Å². The number of pyridine rings is 1. The molecule has 3 rings (SSSR count). The Morgan fingerprint density at radius 3 is 2.34 bits per heavy atom. The van der Waals surface area contributed by atoms with E-state index >= 15 is 0 Å². The molecular formula is C19H14Cl2F3N3O2. The molecule has 0 aliphatic carbocycles. The van der Waals surface area contributed by atoms with Crippen molar-refractivity contribution in [3.05, 3.63) is 63.7 Å². The van der Waals surface area contributed by atoms with E-state index in [9.17, 15) is 18.0 Å². The highest BCUT2D eigenvalue weighted by atomic mass is 35.5. The molecule has 5 nitrogen and oxygen atoms in total. The summed E-state index contributed by atoms with van der Waals surface area (Å²) in [4.78, 5) is 20.4. The largest absolute Gasteiger partial charge is 0.471 e. The van der Waals surface area contributed by atoms with Gasteiger partial charge in [-0.3, -0.25) is 9.78 Å². The van der Waals surface area contributed by atoms with Crippen LogP contribution in [-0.4, -0.2) is 20.9 Å². The average Bonchev–Trinajstić information content (AvgIpc) is 3.12. The number of ketones is 1. The number of nitrogens with zero attached hydrogens (tertiary/aromatic N) is 3. The van der Waals surface area contributed by atoms with E-state index in [1.165, 1.54) is 24.4 Å². The summed E-state index contributed by atoms with van der Waals surface area (Å²) in [6.07, 6.45) is -3.21. The van der Waals surface area contributed by atoms with Crippen LogP contribution in [0.1, 0.15) is 31.0 Å². The number of benzene rings is 1. The maximum Gasteiger partial charge on any atom is 0.471 e. The van der Waals surface area contributed by atoms with Crippen molar-refractivity contribution < 1.29 is 22.5 Å². The molecule has 29 heavy (non-hydrogen) atoms. The van der Waals surface area contributed by atoms with Crippen molar-refractivity contribution in [2.45, 2.75) is 31.9 Å². The summed E-state index contributed by atoms with van der Waals surface area (Å²) in [5, 5.41) is 4.00. The fraction of sp³-hybridized carbons (Fsp3) is 0.263. The highest BCUT2D eigenvalue weighted by Crippen LogP contribution is 2.32. The van der Waals surface area contributed by atoms with Gasteiger partial charge in [0.25, 0.3) is 0 Å². The van der Waals surface area contributed by atoms with Crippen molar-refractivity contribution in [2.75, 3.05) is 0 Å². The normalized spacial score (nSPS) is 12.2. The molecule has 0 amide bonds. The molecule has 0 fully saturated rings. The minimum absolute atomic E-state index is 0.0773. The summed E-state index contributed by atoms with van der Waals surface area (Å²) < 4.78 is 41.9. The topological polar surface area (TPSA) is 68.9 Å². The van der Waals surface area contributed by atoms with Gasteiger partial charge in [-0.2, -0.15) is 18.2 Å². The molecule has 0 spiro atoms. The summed E-state index contributed by atoms with van der Waals surface area (Å²) in [6, 6.07) is 7.80. The van der Waals surface area contributed by atoms with Crippen LogP contribution in [0.25, 0.3) is 11.4 Å². The number of hydrogen-bond donors (Lipinski definition) is 0. The van der Waals surface area contributed by atoms with Gasteiger partial charge in [0.05, 0.1) is 21.2 Å². The van der Waals surface area contributed by atoms with Gasteiger partial charge in [-0.15, -0.1) is 0 Å². The molecule has 0 unspecified atom stereocenters. The summed E-state index contributed by atoms with van der Waals surface area (Å²) >= 11 is 12.0. The van der Waals surface area contributed by atoms with Crippen LogP contribution in [0, 0.1) is 0 Å². The van der Waals surface area contributed by atoms with Gasteiger partial charge in [0.1, 0.15) is 5.78 Å². The Kier molecular flexibility index (Phi) is 5.69. The van der Waals surface area contributed by atoms with Gasteiger partial charge < -0.3 is 4.52 Å². The highest BCUT2D eigenvalue weighted by molar-refractivity contribution is 6.35. The highest BCUT2D eigenvalue weighted by Gasteiger charge is 2.38. The van der Waals surface area contributed by atoms with Crippen LogP contribution in [0.2, 0.25) is 10.0 Å². The number of carbonyl (C=O) groups is 1. The Hall–Kier alpha value is -2.45. The molecule has 0 bridgehead atoms. The van der Waals surface area contributed by atoms with E-state index in [1.807, 2.05) is 0 Å². The molecule has 0 saturated carbocycles. The zero-order chi connectivity index (χ0) is 21.4. The van der Waals surface area contributed by atoms with Crippen molar-refractivity contribution in [3.63, 3.8) is 0 Å². The fourth-order valence-electron chi connectivity index (χ4n) is 2.64. The van der Waals surface area contributed by atoms with Crippen molar-refractivity contribution in [1.29, 1.82) is 0 Å². The molecule has 0 radical (unpaired) electrons. The molecule has 10 heteroatoms. The summed E-state index contributed by atoms with van der Waals surface area (Å²) in [5.41, 5.74) is 0.450. The molecular weight excluding hydrogens is 430 g/mol. The van der Waals surface area contributed by atoms with Gasteiger partial charge >= 0.3 is 12.1 Å². The molecule has 152 valence electrons. The number of aromatic nitrogens is 3. The molecule has 2 aromatic heterocycles. The first-order valence-corrected chi connectivity index (χ1v) is 9.09. The van der Waals surface area contributed by atoms with Crippen LogP contribution < -0.4 is 0 Å². The van der Waals surface area contributed by atoms with E-state index < -0.39 is 17.5 Å². The molecule has 0 N–H and O–H groups in total. The number of alkyl halides is 3. The smallest absolute Gasteiger partial charge is 0.329 e. The van der Waals surface area contributed by atoms with Crippen molar-refractivity contribution in [1.82, 2.24) is 15.1 Å². The first-order chi connectivity index (χ1) is 13.5. The molecule has 3 aromatic rings. The van der Waals surface area contributed by atoms with E-state index in [0.29, 0.717) is 26.9 Å². The number of Topliss-reactive ketones (excluding diaryl/α,β-unsaturated/α-hetero) is 1. The van der Waals surface area contributed by atoms with Crippen molar-refractivity contribution in [3.8, 4) is 11.4 Å². The van der Waals surface area contributed by atoms with E-state index in [1.54, 1.807) is 26.0 Å². The summed E-state index contributed by atoms with van der Waals surface area (Å²) in [6.45, 7) is 3.42. The van der Waals surface area contributed by atoms with Gasteiger partial charge in [-0.25, -0.2) is 0 Å². The SMILES string of the molecule is CC(C)(C(=O)Cc1ccc(-c2noc(C(F)(F)F)n2)cc1)c1ncc(Cl)cc1Cl. The third-order valence-corrected chi connectivity index (χ3v) is 4.84. The van der Waals surface area contributed by atoms with Gasteiger partial charge in [-0.05, 0) is 25.5 Å². The lowest BCUT2D eigenvalue weighted by atomic mass is 9.81. The van der Waals surface area contributed by atoms with Gasteiger partial charge in [0.15, 0.2) is 0 Å². The predicted molar refractivity (Wildman–Crippen MR) is 101 cm³/mol. The Balaban J connectivity index is 1.77. The summed E-state index contributed by atoms with van der Waals surface area (Å²) in [7, 11) is 0. The monoisotopic (exact) mass is 443 g/mol. The van der Waals surface area contributed by atoms with Crippen LogP contribution in [-0.2, 0) is 22.8 Å². The number of halogens is 5. The van der Waals surface area contributed by atoms with E-state index in [2.05, 4.69) is 19.6 Å². The van der Waals surface area contributed by atoms with E-state index in [0.717, 1.165) is 0 Å². The standard InChI is InChI=1S/C19H14Cl2F3N3O2/c1-18(2,15-13(21)8-12(20)9-25-15)14(28)7-10-3-5-11(6-4-10)16-26-17(29-27-16)19(22,23)24/h3-6,8-9H,7H2,1-2H3. The minimum Gasteiger partial charge on any atom is -0.329 e. The molecule has 0 atom stereocenters. The average molecular weight is 444 g/mol. The molecule has 0 saturated heterocycles. The number of hydrogen-bond acceptors (Lipinski definition) is 5. The fourth-order valence-corrected chi connectivity index (χ4v) is 3.26. The minimum atomic E-state index is -4.71. The second-order valence-electron chi connectivity index (χ2n) is 6.83. The summed E-state index contributed by atoms with van der Waals surface area (Å²) in [5.74, 6) is -1.74. The quantitative estimate of drug-likeness (QED) is 0.517. The number of carbonyl (C=O) groups excluding carboxylic acids is 1. The lowest BCUT2D eigenvalue weighted by Gasteiger charge is -2.23. The Morgan fingerprint density at radius 2 is 1.79 bits per heavy atom. The third kappa shape index (κ3) is 4.59. The Morgan fingerprint density at radius 1 is 1.14 bits per heavy atom. The van der Waals surface area contributed by atoms with Crippen LogP contribution in [0.5, 0.6) is 0 Å². The van der Waals surface area contributed by atoms with E-state index in [4.69, 9.17) is 23.2 Å². The second kappa shape index (κ2) is 7.76. The Bertz CT molecular complexity index is 1050. The van der Waals surface area contributed by atoms with Crippen molar-refractivity contribution in [2.24, 2.45) is 0 Å². The maximum absolute atomic E-state index is 12.8. The zero-order valence-corrected chi connectivity index (χ0v) is 16.7. The lowest BCUT2D eigenvalue weighted by Crippen LogP contribution is -2.32. The van der Waals surface area contributed by atoms with Crippen molar-refractivity contribution >= 4 is 29.0 Å². The van der Waals surface area contributed by atoms with E-state index in [-0.39, 0.29) is 18.0 Å². The molecule has 1 aromatic carbocycles. The second-order valence-corrected chi connectivity index (χ2v) is 7.67. The van der Waals surface area contributed by atoms with Gasteiger partial charge in [-0.1, -0.05) is 52.6 Å². The van der Waals surface area contributed by atoms with Crippen LogP contribution in [0.15, 0.2) is 41.1 Å². The molecule has 0 aliphatic rings. The number of rotatable bonds is 5. The van der Waals surface area contributed by atoms with Crippen LogP contribution >= 0.6 is 23.2 Å². The molecule has 2 heterocycles.